The quantitative estimate of drug-likeness (QED) is 0.571. The number of thioether (sulfide) groups is 1. The number of ether oxygens (including phenoxy) is 2. The largest absolute Gasteiger partial charge is 0.486 e. The zero-order valence-electron chi connectivity index (χ0n) is 15.6. The summed E-state index contributed by atoms with van der Waals surface area (Å²) < 4.78 is 29.6. The van der Waals surface area contributed by atoms with E-state index in [1.807, 2.05) is 18.2 Å². The number of fused-ring (bicyclic) bond motifs is 1. The average molecular weight is 415 g/mol. The molecule has 150 valence electrons. The van der Waals surface area contributed by atoms with E-state index in [9.17, 15) is 9.18 Å². The number of hydrogen-bond acceptors (Lipinski definition) is 7. The van der Waals surface area contributed by atoms with Crippen molar-refractivity contribution in [1.29, 1.82) is 0 Å². The van der Waals surface area contributed by atoms with Crippen LogP contribution in [0.2, 0.25) is 0 Å². The summed E-state index contributed by atoms with van der Waals surface area (Å²) in [6, 6.07) is 11.4. The molecule has 0 saturated carbocycles. The Bertz CT molecular complexity index is 1010. The fraction of sp³-hybridized carbons (Fsp3) is 0.250. The maximum atomic E-state index is 13.0. The summed E-state index contributed by atoms with van der Waals surface area (Å²) in [7, 11) is 1.73. The number of aromatic nitrogens is 2. The van der Waals surface area contributed by atoms with Gasteiger partial charge in [0, 0.05) is 19.2 Å². The van der Waals surface area contributed by atoms with Gasteiger partial charge >= 0.3 is 0 Å². The van der Waals surface area contributed by atoms with Crippen molar-refractivity contribution in [1.82, 2.24) is 15.1 Å². The zero-order valence-corrected chi connectivity index (χ0v) is 16.4. The summed E-state index contributed by atoms with van der Waals surface area (Å²) in [6.07, 6.45) is 0. The summed E-state index contributed by atoms with van der Waals surface area (Å²) in [5, 5.41) is 8.15. The van der Waals surface area contributed by atoms with Gasteiger partial charge in [-0.15, -0.1) is 10.2 Å². The SMILES string of the molecule is CN(Cc1ccc2c(c1)OCCO2)C(=O)CSc1nnc(-c2ccc(F)cc2)o1. The molecule has 1 amide bonds. The third kappa shape index (κ3) is 4.68. The minimum Gasteiger partial charge on any atom is -0.486 e. The fourth-order valence-corrected chi connectivity index (χ4v) is 3.46. The topological polar surface area (TPSA) is 77.7 Å². The van der Waals surface area contributed by atoms with E-state index < -0.39 is 0 Å². The standard InChI is InChI=1S/C20H18FN3O4S/c1-24(11-13-2-7-16-17(10-13)27-9-8-26-16)18(25)12-29-20-23-22-19(28-20)14-3-5-15(21)6-4-14/h2-7,10H,8-9,11-12H2,1H3. The number of rotatable bonds is 6. The van der Waals surface area contributed by atoms with E-state index in [1.165, 1.54) is 12.1 Å². The Hall–Kier alpha value is -3.07. The van der Waals surface area contributed by atoms with Crippen LogP contribution in [0.15, 0.2) is 52.1 Å². The molecule has 9 heteroatoms. The second-order valence-corrected chi connectivity index (χ2v) is 7.32. The normalized spacial score (nSPS) is 12.6. The van der Waals surface area contributed by atoms with Gasteiger partial charge in [0.25, 0.3) is 5.22 Å². The Labute approximate surface area is 170 Å². The highest BCUT2D eigenvalue weighted by molar-refractivity contribution is 7.99. The Morgan fingerprint density at radius 1 is 1.10 bits per heavy atom. The molecule has 2 aromatic carbocycles. The van der Waals surface area contributed by atoms with Gasteiger partial charge < -0.3 is 18.8 Å². The Kier molecular flexibility index (Phi) is 5.66. The first-order valence-corrected chi connectivity index (χ1v) is 9.92. The maximum Gasteiger partial charge on any atom is 0.277 e. The van der Waals surface area contributed by atoms with Crippen molar-refractivity contribution in [2.24, 2.45) is 0 Å². The minimum absolute atomic E-state index is 0.0774. The summed E-state index contributed by atoms with van der Waals surface area (Å²) in [6.45, 7) is 1.51. The van der Waals surface area contributed by atoms with Crippen LogP contribution in [-0.2, 0) is 11.3 Å². The van der Waals surface area contributed by atoms with Crippen molar-refractivity contribution in [3.05, 3.63) is 53.8 Å². The van der Waals surface area contributed by atoms with Crippen molar-refractivity contribution in [3.8, 4) is 23.0 Å². The molecule has 4 rings (SSSR count). The van der Waals surface area contributed by atoms with E-state index >= 15 is 0 Å². The Balaban J connectivity index is 1.32. The number of carbonyl (C=O) groups is 1. The average Bonchev–Trinajstić information content (AvgIpc) is 3.21. The Morgan fingerprint density at radius 2 is 1.86 bits per heavy atom. The Morgan fingerprint density at radius 3 is 2.66 bits per heavy atom. The fourth-order valence-electron chi connectivity index (χ4n) is 2.76. The van der Waals surface area contributed by atoms with Gasteiger partial charge in [0.05, 0.1) is 5.75 Å². The summed E-state index contributed by atoms with van der Waals surface area (Å²) in [5.74, 6) is 1.44. The highest BCUT2D eigenvalue weighted by Gasteiger charge is 2.16. The van der Waals surface area contributed by atoms with E-state index in [2.05, 4.69) is 10.2 Å². The van der Waals surface area contributed by atoms with E-state index in [4.69, 9.17) is 13.9 Å². The summed E-state index contributed by atoms with van der Waals surface area (Å²) in [4.78, 5) is 14.1. The van der Waals surface area contributed by atoms with Crippen molar-refractivity contribution in [2.75, 3.05) is 26.0 Å². The third-order valence-electron chi connectivity index (χ3n) is 4.27. The van der Waals surface area contributed by atoms with Crippen molar-refractivity contribution < 1.29 is 23.1 Å². The third-order valence-corrected chi connectivity index (χ3v) is 5.07. The van der Waals surface area contributed by atoms with Crippen LogP contribution in [0.25, 0.3) is 11.5 Å². The molecule has 0 aliphatic carbocycles. The molecule has 1 aliphatic rings. The lowest BCUT2D eigenvalue weighted by Gasteiger charge is -2.21. The summed E-state index contributed by atoms with van der Waals surface area (Å²) >= 11 is 1.16. The van der Waals surface area contributed by atoms with Crippen molar-refractivity contribution in [3.63, 3.8) is 0 Å². The van der Waals surface area contributed by atoms with Crippen molar-refractivity contribution >= 4 is 17.7 Å². The van der Waals surface area contributed by atoms with Crippen LogP contribution in [0.3, 0.4) is 0 Å². The lowest BCUT2D eigenvalue weighted by molar-refractivity contribution is -0.127. The first kappa shape index (κ1) is 19.3. The smallest absolute Gasteiger partial charge is 0.277 e. The van der Waals surface area contributed by atoms with Crippen LogP contribution < -0.4 is 9.47 Å². The number of hydrogen-bond donors (Lipinski definition) is 0. The number of carbonyl (C=O) groups excluding carboxylic acids is 1. The van der Waals surface area contributed by atoms with Gasteiger partial charge in [0.15, 0.2) is 11.5 Å². The van der Waals surface area contributed by atoms with Crippen LogP contribution in [0.4, 0.5) is 4.39 Å². The molecule has 0 radical (unpaired) electrons. The van der Waals surface area contributed by atoms with Gasteiger partial charge in [-0.05, 0) is 42.0 Å². The molecule has 0 N–H and O–H groups in total. The molecule has 0 spiro atoms. The molecule has 0 bridgehead atoms. The lowest BCUT2D eigenvalue weighted by Crippen LogP contribution is -2.27. The van der Waals surface area contributed by atoms with Crippen LogP contribution in [-0.4, -0.2) is 47.0 Å². The number of nitrogens with zero attached hydrogens (tertiary/aromatic N) is 3. The zero-order chi connectivity index (χ0) is 20.2. The van der Waals surface area contributed by atoms with Gasteiger partial charge in [-0.3, -0.25) is 4.79 Å². The van der Waals surface area contributed by atoms with E-state index in [0.29, 0.717) is 31.1 Å². The van der Waals surface area contributed by atoms with E-state index in [-0.39, 0.29) is 28.6 Å². The van der Waals surface area contributed by atoms with E-state index in [1.54, 1.807) is 24.1 Å². The highest BCUT2D eigenvalue weighted by atomic mass is 32.2. The molecule has 0 unspecified atom stereocenters. The highest BCUT2D eigenvalue weighted by Crippen LogP contribution is 2.31. The van der Waals surface area contributed by atoms with Crippen LogP contribution >= 0.6 is 11.8 Å². The minimum atomic E-state index is -0.338. The number of halogens is 1. The van der Waals surface area contributed by atoms with E-state index in [0.717, 1.165) is 23.1 Å². The molecule has 0 saturated heterocycles. The molecule has 0 fully saturated rings. The molecular formula is C20H18FN3O4S. The van der Waals surface area contributed by atoms with Gasteiger partial charge in [-0.1, -0.05) is 17.8 Å². The molecule has 2 heterocycles. The van der Waals surface area contributed by atoms with Gasteiger partial charge in [-0.25, -0.2) is 4.39 Å². The molecule has 3 aromatic rings. The van der Waals surface area contributed by atoms with Crippen molar-refractivity contribution in [2.45, 2.75) is 11.8 Å². The lowest BCUT2D eigenvalue weighted by atomic mass is 10.2. The van der Waals surface area contributed by atoms with Crippen LogP contribution in [0.1, 0.15) is 5.56 Å². The first-order chi connectivity index (χ1) is 14.1. The number of benzene rings is 2. The predicted molar refractivity (Wildman–Crippen MR) is 104 cm³/mol. The first-order valence-electron chi connectivity index (χ1n) is 8.93. The van der Waals surface area contributed by atoms with Gasteiger partial charge in [-0.2, -0.15) is 0 Å². The molecule has 1 aliphatic heterocycles. The van der Waals surface area contributed by atoms with Gasteiger partial charge in [0.1, 0.15) is 19.0 Å². The molecule has 1 aromatic heterocycles. The summed E-state index contributed by atoms with van der Waals surface area (Å²) in [5.41, 5.74) is 1.57. The van der Waals surface area contributed by atoms with Crippen LogP contribution in [0, 0.1) is 5.82 Å². The maximum absolute atomic E-state index is 13.0. The predicted octanol–water partition coefficient (Wildman–Crippen LogP) is 3.40. The number of amides is 1. The molecular weight excluding hydrogens is 397 g/mol. The van der Waals surface area contributed by atoms with Crippen LogP contribution in [0.5, 0.6) is 11.5 Å². The monoisotopic (exact) mass is 415 g/mol. The molecule has 0 atom stereocenters. The molecule has 29 heavy (non-hydrogen) atoms. The molecule has 7 nitrogen and oxygen atoms in total. The second kappa shape index (κ2) is 8.52. The second-order valence-electron chi connectivity index (χ2n) is 6.40. The van der Waals surface area contributed by atoms with Gasteiger partial charge in [0.2, 0.25) is 11.8 Å².